The smallest absolute Gasteiger partial charge is 0.303 e. The summed E-state index contributed by atoms with van der Waals surface area (Å²) < 4.78 is 99.4. The first-order chi connectivity index (χ1) is 58.0. The van der Waals surface area contributed by atoms with Crippen molar-refractivity contribution in [3.63, 3.8) is 0 Å². The first-order valence-corrected chi connectivity index (χ1v) is 40.7. The van der Waals surface area contributed by atoms with Crippen LogP contribution < -0.4 is 56.4 Å². The summed E-state index contributed by atoms with van der Waals surface area (Å²) in [5.41, 5.74) is 0.899. The Hall–Kier alpha value is -13.1. The summed E-state index contributed by atoms with van der Waals surface area (Å²) in [6.45, 7) is 5.85. The molecule has 16 rings (SSSR count). The highest BCUT2D eigenvalue weighted by Crippen LogP contribution is 2.41. The van der Waals surface area contributed by atoms with Crippen molar-refractivity contribution < 1.29 is 64.6 Å². The zero-order valence-electron chi connectivity index (χ0n) is 64.9. The van der Waals surface area contributed by atoms with Crippen molar-refractivity contribution in [2.75, 3.05) is 130 Å². The van der Waals surface area contributed by atoms with Crippen LogP contribution in [0.15, 0.2) is 132 Å². The van der Waals surface area contributed by atoms with E-state index in [2.05, 4.69) is 65.7 Å². The van der Waals surface area contributed by atoms with Crippen LogP contribution in [0.4, 0.5) is 42.1 Å². The average molecular weight is 1660 g/mol. The molecule has 5 aromatic carbocycles. The van der Waals surface area contributed by atoms with Gasteiger partial charge in [-0.3, -0.25) is 72.6 Å². The third-order valence-corrected chi connectivity index (χ3v) is 24.6. The van der Waals surface area contributed by atoms with Crippen LogP contribution in [-0.2, 0) is 43.7 Å². The lowest BCUT2D eigenvalue weighted by molar-refractivity contribution is -0.164. The van der Waals surface area contributed by atoms with Gasteiger partial charge in [0.15, 0.2) is 17.6 Å². The summed E-state index contributed by atoms with van der Waals surface area (Å²) >= 11 is 0. The number of halogens is 3. The summed E-state index contributed by atoms with van der Waals surface area (Å²) in [4.78, 5) is 142. The van der Waals surface area contributed by atoms with E-state index >= 15 is 13.2 Å². The number of piperidine rings is 4. The normalized spacial score (nSPS) is 20.6. The lowest BCUT2D eigenvalue weighted by atomic mass is 9.89. The molecule has 9 aromatic rings. The third-order valence-electron chi connectivity index (χ3n) is 23.2. The molecule has 0 radical (unpaired) electrons. The van der Waals surface area contributed by atoms with Gasteiger partial charge >= 0.3 is 10.2 Å². The Labute approximate surface area is 683 Å². The Morgan fingerprint density at radius 1 is 0.558 bits per heavy atom. The highest BCUT2D eigenvalue weighted by atomic mass is 32.2. The number of benzene rings is 5. The number of carbonyl (C=O) groups is 6. The largest absolute Gasteiger partial charge is 0.459 e. The molecule has 120 heavy (non-hydrogen) atoms. The fourth-order valence-electron chi connectivity index (χ4n) is 16.5. The van der Waals surface area contributed by atoms with E-state index in [-0.39, 0.29) is 131 Å². The molecule has 0 saturated carbocycles. The Bertz CT molecular complexity index is 5870. The molecule has 4 atom stereocenters. The van der Waals surface area contributed by atoms with Gasteiger partial charge in [0, 0.05) is 96.6 Å². The zero-order chi connectivity index (χ0) is 83.7. The van der Waals surface area contributed by atoms with E-state index < -0.39 is 79.9 Å². The van der Waals surface area contributed by atoms with E-state index in [4.69, 9.17) is 14.2 Å². The number of carbonyl (C=O) groups excluding carboxylic acids is 6. The van der Waals surface area contributed by atoms with E-state index in [0.29, 0.717) is 151 Å². The predicted molar refractivity (Wildman–Crippen MR) is 427 cm³/mol. The van der Waals surface area contributed by atoms with Crippen molar-refractivity contribution in [1.29, 1.82) is 10.5 Å². The van der Waals surface area contributed by atoms with Crippen LogP contribution in [0.1, 0.15) is 86.3 Å². The monoisotopic (exact) mass is 1660 g/mol. The first-order valence-electron chi connectivity index (χ1n) is 39.3. The molecule has 39 heteroatoms. The van der Waals surface area contributed by atoms with Crippen molar-refractivity contribution in [2.24, 2.45) is 0 Å². The maximum Gasteiger partial charge on any atom is 0.303 e. The molecule has 11 heterocycles. The Kier molecular flexibility index (Phi) is 22.9. The highest BCUT2D eigenvalue weighted by molar-refractivity contribution is 7.90. The van der Waals surface area contributed by atoms with Crippen LogP contribution in [0.3, 0.4) is 0 Å². The summed E-state index contributed by atoms with van der Waals surface area (Å²) in [5, 5.41) is 32.0. The number of methoxy groups -OCH3 is 1. The Morgan fingerprint density at radius 2 is 1.02 bits per heavy atom. The number of anilines is 5. The number of amides is 6. The number of aromatic nitrogens is 8. The summed E-state index contributed by atoms with van der Waals surface area (Å²) in [7, 11) is -3.62. The number of rotatable bonds is 22. The molecule has 0 spiro atoms. The number of nitrogens with zero attached hydrogens (tertiary/aromatic N) is 17. The number of nitriles is 2. The van der Waals surface area contributed by atoms with Crippen molar-refractivity contribution in [3.05, 3.63) is 177 Å². The maximum atomic E-state index is 16.0. The fraction of sp³-hybridized carbons (Fsp3) is 0.383. The lowest BCUT2D eigenvalue weighted by Crippen LogP contribution is -2.52. The van der Waals surface area contributed by atoms with Gasteiger partial charge in [0.25, 0.3) is 11.1 Å². The van der Waals surface area contributed by atoms with Crippen LogP contribution in [0.25, 0.3) is 33.2 Å². The average Bonchev–Trinajstić information content (AvgIpc) is 1.63. The van der Waals surface area contributed by atoms with E-state index in [1.54, 1.807) is 34.1 Å². The molecule has 7 saturated heterocycles. The van der Waals surface area contributed by atoms with Crippen molar-refractivity contribution >= 4 is 96.4 Å². The third kappa shape index (κ3) is 16.9. The molecule has 4 aromatic heterocycles. The molecule has 35 nitrogen and oxygen atoms in total. The topological polar surface area (TPSA) is 416 Å². The molecule has 0 bridgehead atoms. The van der Waals surface area contributed by atoms with Crippen molar-refractivity contribution in [1.82, 2.24) is 73.6 Å². The predicted octanol–water partition coefficient (Wildman–Crippen LogP) is 4.91. The zero-order valence-corrected chi connectivity index (χ0v) is 65.7. The van der Waals surface area contributed by atoms with Gasteiger partial charge in [-0.05, 0) is 160 Å². The number of nitrogens with one attached hydrogen (secondary N) is 5. The SMILES string of the molecule is CO[C@@]1(Oc2ccc3ncn(-c4cnc(N5CCN(C(=O)CN6CCC(c7ccc(N[C@H]8CCC(=O)NC8=O)cc7F)CC6)CC5)nc4)c(=O)c3c2)CCN(S(=O)(=O)Nc2ccc(F)c(Oc3ccc4ncn(-c5cnc(N6CCN(C(=O)CN7CCC(c8ccc(N[C@@H]9CCC(=O)NC9=O)cc8F)CC7)CC6)nc5)c(=O)c4c3)c2C#N)C1C#N. The van der Waals surface area contributed by atoms with Gasteiger partial charge in [-0.1, -0.05) is 12.1 Å². The lowest BCUT2D eigenvalue weighted by Gasteiger charge is -2.37. The minimum Gasteiger partial charge on any atom is -0.459 e. The van der Waals surface area contributed by atoms with Gasteiger partial charge in [0.05, 0.1) is 82.8 Å². The second-order valence-corrected chi connectivity index (χ2v) is 32.0. The van der Waals surface area contributed by atoms with E-state index in [1.165, 1.54) is 102 Å². The molecule has 6 amide bonds. The molecule has 620 valence electrons. The number of piperazine rings is 2. The van der Waals surface area contributed by atoms with Gasteiger partial charge in [-0.2, -0.15) is 23.2 Å². The van der Waals surface area contributed by atoms with Crippen LogP contribution in [0, 0.1) is 40.1 Å². The number of hydrogen-bond acceptors (Lipinski definition) is 27. The summed E-state index contributed by atoms with van der Waals surface area (Å²) in [6, 6.07) is 20.9. The maximum absolute atomic E-state index is 16.0. The standard InChI is InChI=1S/C81H81F3N22O13S/c1-117-81(119-55-5-10-65-59(37-55)78(114)105(47-92-65)53-42-89-80(90-43-53)103-32-28-101(29-33-103)73(110)45-99-23-18-49(19-24-99)57-7-3-51(35-63(57)84)94-68-13-15-71(108)96-76(68)112)20-25-106(69(81)39-86)120(115,116)97-66-11-8-61(82)74(60(66)38-85)118-54-4-9-64-58(36-54)77(113)104(46-91-64)52-40-87-79(88-41-52)102-30-26-100(27-31-102)72(109)44-98-21-16-48(17-22-98)56-6-2-50(34-62(56)83)93-67-12-14-70(107)95-75(67)111/h2-11,34-37,40-43,46-49,67-69,93-94,97H,12-33,44-45H2,1H3,(H,95,107,111)(H,96,108,112)/t67-,68+,69?,81-/m1/s1. The van der Waals surface area contributed by atoms with Crippen LogP contribution >= 0.6 is 0 Å². The highest BCUT2D eigenvalue weighted by Gasteiger charge is 2.55. The van der Waals surface area contributed by atoms with Gasteiger partial charge in [-0.25, -0.2) is 43.1 Å². The summed E-state index contributed by atoms with van der Waals surface area (Å²) in [5.74, 6) is -5.59. The second kappa shape index (κ2) is 34.1. The van der Waals surface area contributed by atoms with E-state index in [1.807, 2.05) is 21.9 Å². The second-order valence-electron chi connectivity index (χ2n) is 30.4. The number of ether oxygens (including phenoxy) is 3. The first kappa shape index (κ1) is 80.7. The number of likely N-dealkylation sites (tertiary alicyclic amines) is 2. The minimum absolute atomic E-state index is 0.00665. The van der Waals surface area contributed by atoms with Crippen LogP contribution in [0.5, 0.6) is 17.2 Å². The number of fused-ring (bicyclic) bond motifs is 2. The van der Waals surface area contributed by atoms with Gasteiger partial charge in [-0.15, -0.1) is 0 Å². The van der Waals surface area contributed by atoms with E-state index in [9.17, 15) is 57.3 Å². The van der Waals surface area contributed by atoms with Crippen molar-refractivity contribution in [2.45, 2.75) is 93.5 Å². The number of hydrogen-bond donors (Lipinski definition) is 5. The molecule has 0 aliphatic carbocycles. The Morgan fingerprint density at radius 3 is 1.47 bits per heavy atom. The molecule has 7 fully saturated rings. The quantitative estimate of drug-likeness (QED) is 0.0444. The minimum atomic E-state index is -4.84. The molecule has 1 unspecified atom stereocenters. The molecule has 7 aliphatic rings. The fourth-order valence-corrected chi connectivity index (χ4v) is 17.8. The molecular formula is C81H81F3N22O13S. The molecule has 5 N–H and O–H groups in total. The van der Waals surface area contributed by atoms with Crippen LogP contribution in [0.2, 0.25) is 0 Å². The molecular weight excluding hydrogens is 1580 g/mol. The van der Waals surface area contributed by atoms with Crippen molar-refractivity contribution in [3.8, 4) is 40.8 Å². The number of imide groups is 2. The van der Waals surface area contributed by atoms with Gasteiger partial charge < -0.3 is 44.4 Å². The van der Waals surface area contributed by atoms with Gasteiger partial charge in [0.1, 0.15) is 59.5 Å². The molecule has 7 aliphatic heterocycles. The van der Waals surface area contributed by atoms with Gasteiger partial charge in [0.2, 0.25) is 53.1 Å². The summed E-state index contributed by atoms with van der Waals surface area (Å²) in [6.07, 6.45) is 11.9. The van der Waals surface area contributed by atoms with E-state index in [0.717, 1.165) is 16.4 Å². The van der Waals surface area contributed by atoms with Crippen LogP contribution in [-0.4, -0.2) is 236 Å². The Balaban J connectivity index is 0.503.